The maximum atomic E-state index is 13.3. The van der Waals surface area contributed by atoms with Crippen LogP contribution in [-0.2, 0) is 11.8 Å². The molecule has 0 atom stereocenters. The molecule has 0 N–H and O–H groups in total. The first-order valence-corrected chi connectivity index (χ1v) is 10.4. The number of benzene rings is 1. The van der Waals surface area contributed by atoms with Crippen LogP contribution in [0.1, 0.15) is 22.5 Å². The Balaban J connectivity index is 0.00000240. The van der Waals surface area contributed by atoms with Gasteiger partial charge in [-0.1, -0.05) is 23.5 Å². The van der Waals surface area contributed by atoms with E-state index in [9.17, 15) is 4.79 Å². The SMILES string of the molecule is Cc1cccc2sc(N(CCCN3CCOCC3)C(=O)c3ccnn3C)nc12.Cl. The maximum absolute atomic E-state index is 13.3. The monoisotopic (exact) mass is 435 g/mol. The Kier molecular flexibility index (Phi) is 7.23. The summed E-state index contributed by atoms with van der Waals surface area (Å²) in [6.07, 6.45) is 2.54. The molecule has 0 spiro atoms. The molecule has 0 unspecified atom stereocenters. The van der Waals surface area contributed by atoms with E-state index in [0.717, 1.165) is 60.2 Å². The van der Waals surface area contributed by atoms with E-state index in [2.05, 4.69) is 29.1 Å². The summed E-state index contributed by atoms with van der Waals surface area (Å²) in [5.74, 6) is -0.0568. The highest BCUT2D eigenvalue weighted by atomic mass is 35.5. The van der Waals surface area contributed by atoms with Crippen LogP contribution >= 0.6 is 23.7 Å². The molecule has 2 aromatic heterocycles. The summed E-state index contributed by atoms with van der Waals surface area (Å²) in [6, 6.07) is 7.91. The highest BCUT2D eigenvalue weighted by Crippen LogP contribution is 2.31. The molecule has 1 aliphatic rings. The number of thiazole rings is 1. The van der Waals surface area contributed by atoms with Crippen LogP contribution in [0.5, 0.6) is 0 Å². The minimum absolute atomic E-state index is 0. The summed E-state index contributed by atoms with van der Waals surface area (Å²) < 4.78 is 8.14. The van der Waals surface area contributed by atoms with E-state index in [1.807, 2.05) is 11.0 Å². The standard InChI is InChI=1S/C20H25N5O2S.ClH/c1-15-5-3-6-17-18(15)22-20(28-17)25(19(26)16-7-8-21-23(16)2)10-4-9-24-11-13-27-14-12-24;/h3,5-8H,4,9-14H2,1-2H3;1H. The van der Waals surface area contributed by atoms with Crippen molar-refractivity contribution >= 4 is 45.0 Å². The first-order chi connectivity index (χ1) is 13.6. The molecular formula is C20H26ClN5O2S. The van der Waals surface area contributed by atoms with Crippen molar-refractivity contribution in [3.63, 3.8) is 0 Å². The number of rotatable bonds is 6. The lowest BCUT2D eigenvalue weighted by Gasteiger charge is -2.27. The lowest BCUT2D eigenvalue weighted by atomic mass is 10.2. The summed E-state index contributed by atoms with van der Waals surface area (Å²) in [4.78, 5) is 22.3. The number of nitrogens with zero attached hydrogens (tertiary/aromatic N) is 5. The van der Waals surface area contributed by atoms with Crippen LogP contribution in [0.15, 0.2) is 30.5 Å². The number of aryl methyl sites for hydroxylation is 2. The number of hydrogen-bond donors (Lipinski definition) is 0. The zero-order valence-electron chi connectivity index (χ0n) is 16.7. The van der Waals surface area contributed by atoms with Crippen LogP contribution < -0.4 is 4.90 Å². The van der Waals surface area contributed by atoms with Crippen molar-refractivity contribution < 1.29 is 9.53 Å². The molecule has 9 heteroatoms. The lowest BCUT2D eigenvalue weighted by molar-refractivity contribution is 0.0376. The lowest BCUT2D eigenvalue weighted by Crippen LogP contribution is -2.39. The topological polar surface area (TPSA) is 63.5 Å². The zero-order chi connectivity index (χ0) is 19.5. The molecule has 1 fully saturated rings. The van der Waals surface area contributed by atoms with Gasteiger partial charge in [-0.2, -0.15) is 5.10 Å². The Labute approximate surface area is 180 Å². The Bertz CT molecular complexity index is 967. The fourth-order valence-corrected chi connectivity index (χ4v) is 4.54. The van der Waals surface area contributed by atoms with Gasteiger partial charge in [0.1, 0.15) is 5.69 Å². The molecule has 0 radical (unpaired) electrons. The average molecular weight is 436 g/mol. The van der Waals surface area contributed by atoms with E-state index in [1.165, 1.54) is 0 Å². The van der Waals surface area contributed by atoms with Gasteiger partial charge in [0.05, 0.1) is 23.4 Å². The predicted octanol–water partition coefficient (Wildman–Crippen LogP) is 3.13. The van der Waals surface area contributed by atoms with E-state index in [1.54, 1.807) is 35.3 Å². The quantitative estimate of drug-likeness (QED) is 0.595. The van der Waals surface area contributed by atoms with Crippen molar-refractivity contribution in [3.05, 3.63) is 41.7 Å². The van der Waals surface area contributed by atoms with E-state index >= 15 is 0 Å². The largest absolute Gasteiger partial charge is 0.379 e. The third kappa shape index (κ3) is 4.78. The molecule has 3 aromatic rings. The van der Waals surface area contributed by atoms with Crippen molar-refractivity contribution in [2.24, 2.45) is 7.05 Å². The van der Waals surface area contributed by atoms with E-state index < -0.39 is 0 Å². The first kappa shape index (κ1) is 21.7. The number of anilines is 1. The normalized spacial score (nSPS) is 14.7. The van der Waals surface area contributed by atoms with Crippen LogP contribution in [0.4, 0.5) is 5.13 Å². The fraction of sp³-hybridized carbons (Fsp3) is 0.450. The number of halogens is 1. The number of fused-ring (bicyclic) bond motifs is 1. The van der Waals surface area contributed by atoms with Crippen molar-refractivity contribution in [1.29, 1.82) is 0 Å². The molecule has 3 heterocycles. The second-order valence-electron chi connectivity index (χ2n) is 7.02. The van der Waals surface area contributed by atoms with Crippen molar-refractivity contribution in [2.45, 2.75) is 13.3 Å². The molecule has 1 saturated heterocycles. The van der Waals surface area contributed by atoms with Gasteiger partial charge in [-0.15, -0.1) is 12.4 Å². The number of para-hydroxylation sites is 1. The average Bonchev–Trinajstić information content (AvgIpc) is 3.32. The number of morpholine rings is 1. The van der Waals surface area contributed by atoms with Crippen molar-refractivity contribution in [3.8, 4) is 0 Å². The number of carbonyl (C=O) groups is 1. The van der Waals surface area contributed by atoms with Crippen LogP contribution in [0.2, 0.25) is 0 Å². The van der Waals surface area contributed by atoms with Gasteiger partial charge in [0, 0.05) is 39.4 Å². The van der Waals surface area contributed by atoms with Crippen LogP contribution in [-0.4, -0.2) is 65.0 Å². The first-order valence-electron chi connectivity index (χ1n) is 9.59. The Morgan fingerprint density at radius 2 is 2.07 bits per heavy atom. The Morgan fingerprint density at radius 1 is 1.28 bits per heavy atom. The van der Waals surface area contributed by atoms with Crippen molar-refractivity contribution in [1.82, 2.24) is 19.7 Å². The number of aromatic nitrogens is 3. The molecule has 29 heavy (non-hydrogen) atoms. The van der Waals surface area contributed by atoms with E-state index in [4.69, 9.17) is 9.72 Å². The molecular weight excluding hydrogens is 410 g/mol. The zero-order valence-corrected chi connectivity index (χ0v) is 18.3. The third-order valence-corrected chi connectivity index (χ3v) is 6.13. The predicted molar refractivity (Wildman–Crippen MR) is 118 cm³/mol. The second-order valence-corrected chi connectivity index (χ2v) is 8.03. The van der Waals surface area contributed by atoms with Gasteiger partial charge in [0.15, 0.2) is 5.13 Å². The summed E-state index contributed by atoms with van der Waals surface area (Å²) in [5.41, 5.74) is 2.67. The molecule has 0 aliphatic carbocycles. The molecule has 0 bridgehead atoms. The fourth-order valence-electron chi connectivity index (χ4n) is 3.47. The van der Waals surface area contributed by atoms with Gasteiger partial charge in [-0.25, -0.2) is 4.98 Å². The van der Waals surface area contributed by atoms with Crippen LogP contribution in [0, 0.1) is 6.92 Å². The number of amides is 1. The van der Waals surface area contributed by atoms with E-state index in [-0.39, 0.29) is 18.3 Å². The number of carbonyl (C=O) groups excluding carboxylic acids is 1. The van der Waals surface area contributed by atoms with Gasteiger partial charge in [-0.3, -0.25) is 19.3 Å². The summed E-state index contributed by atoms with van der Waals surface area (Å²) in [5, 5.41) is 4.90. The smallest absolute Gasteiger partial charge is 0.278 e. The van der Waals surface area contributed by atoms with Crippen LogP contribution in [0.25, 0.3) is 10.2 Å². The molecule has 156 valence electrons. The van der Waals surface area contributed by atoms with Gasteiger partial charge in [0.25, 0.3) is 5.91 Å². The van der Waals surface area contributed by atoms with Crippen LogP contribution in [0.3, 0.4) is 0 Å². The summed E-state index contributed by atoms with van der Waals surface area (Å²) in [6.45, 7) is 7.11. The Hall–Kier alpha value is -2.00. The minimum Gasteiger partial charge on any atom is -0.379 e. The highest BCUT2D eigenvalue weighted by Gasteiger charge is 2.24. The van der Waals surface area contributed by atoms with E-state index in [0.29, 0.717) is 12.2 Å². The maximum Gasteiger partial charge on any atom is 0.278 e. The Morgan fingerprint density at radius 3 is 2.76 bits per heavy atom. The molecule has 4 rings (SSSR count). The minimum atomic E-state index is -0.0568. The van der Waals surface area contributed by atoms with Gasteiger partial charge in [0.2, 0.25) is 0 Å². The summed E-state index contributed by atoms with van der Waals surface area (Å²) in [7, 11) is 1.79. The highest BCUT2D eigenvalue weighted by molar-refractivity contribution is 7.22. The molecule has 0 saturated carbocycles. The molecule has 1 aliphatic heterocycles. The molecule has 1 amide bonds. The summed E-state index contributed by atoms with van der Waals surface area (Å²) >= 11 is 1.57. The van der Waals surface area contributed by atoms with Gasteiger partial charge < -0.3 is 4.74 Å². The number of hydrogen-bond acceptors (Lipinski definition) is 6. The third-order valence-electron chi connectivity index (χ3n) is 5.09. The second kappa shape index (κ2) is 9.67. The van der Waals surface area contributed by atoms with Crippen molar-refractivity contribution in [2.75, 3.05) is 44.3 Å². The molecule has 1 aromatic carbocycles. The number of ether oxygens (including phenoxy) is 1. The van der Waals surface area contributed by atoms with Gasteiger partial charge in [-0.05, 0) is 31.0 Å². The van der Waals surface area contributed by atoms with Gasteiger partial charge >= 0.3 is 0 Å². The molecule has 7 nitrogen and oxygen atoms in total.